The molecule has 3 aromatic heterocycles. The van der Waals surface area contributed by atoms with Crippen molar-refractivity contribution in [1.82, 2.24) is 24.9 Å². The largest absolute Gasteiger partial charge is 0.466 e. The summed E-state index contributed by atoms with van der Waals surface area (Å²) < 4.78 is 8.56. The Bertz CT molecular complexity index is 1710. The topological polar surface area (TPSA) is 73.1 Å². The first-order valence-corrected chi connectivity index (χ1v) is 15.4. The molecule has 0 aliphatic carbocycles. The molecule has 0 amide bonds. The number of aryl methyl sites for hydroxylation is 2. The van der Waals surface area contributed by atoms with Crippen molar-refractivity contribution < 1.29 is 9.53 Å². The van der Waals surface area contributed by atoms with Gasteiger partial charge in [0.2, 0.25) is 0 Å². The summed E-state index contributed by atoms with van der Waals surface area (Å²) in [5.74, 6) is 0.253. The Kier molecular flexibility index (Phi) is 7.86. The van der Waals surface area contributed by atoms with Crippen LogP contribution in [0.4, 0.5) is 0 Å². The molecule has 1 aliphatic heterocycles. The Morgan fingerprint density at radius 2 is 2.07 bits per heavy atom. The zero-order valence-corrected chi connectivity index (χ0v) is 25.1. The maximum Gasteiger partial charge on any atom is 0.306 e. The third-order valence-corrected chi connectivity index (χ3v) is 9.54. The minimum absolute atomic E-state index is 0.154. The molecular formula is C33H37N5O2S. The van der Waals surface area contributed by atoms with Gasteiger partial charge in [0.1, 0.15) is 5.52 Å². The molecule has 212 valence electrons. The van der Waals surface area contributed by atoms with Crippen LogP contribution in [-0.4, -0.2) is 44.0 Å². The lowest BCUT2D eigenvalue weighted by atomic mass is 9.84. The molecular weight excluding hydrogens is 530 g/mol. The Morgan fingerprint density at radius 3 is 2.90 bits per heavy atom. The number of fused-ring (bicyclic) bond motifs is 3. The van der Waals surface area contributed by atoms with Gasteiger partial charge in [0.15, 0.2) is 0 Å². The molecule has 2 aromatic carbocycles. The number of esters is 1. The van der Waals surface area contributed by atoms with Crippen LogP contribution in [0.3, 0.4) is 0 Å². The molecule has 7 nitrogen and oxygen atoms in total. The fourth-order valence-corrected chi connectivity index (χ4v) is 7.26. The maximum atomic E-state index is 13.0. The second-order valence-electron chi connectivity index (χ2n) is 11.2. The van der Waals surface area contributed by atoms with Crippen molar-refractivity contribution in [3.05, 3.63) is 87.6 Å². The van der Waals surface area contributed by atoms with Gasteiger partial charge in [0, 0.05) is 43.5 Å². The van der Waals surface area contributed by atoms with Gasteiger partial charge in [-0.05, 0) is 89.0 Å². The number of hydrogen-bond donors (Lipinski definition) is 0. The summed E-state index contributed by atoms with van der Waals surface area (Å²) in [7, 11) is 1.90. The predicted molar refractivity (Wildman–Crippen MR) is 164 cm³/mol. The normalized spacial score (nSPS) is 16.5. The van der Waals surface area contributed by atoms with E-state index < -0.39 is 0 Å². The monoisotopic (exact) mass is 567 g/mol. The summed E-state index contributed by atoms with van der Waals surface area (Å²) >= 11 is 1.79. The third-order valence-electron chi connectivity index (χ3n) is 8.54. The highest BCUT2D eigenvalue weighted by Crippen LogP contribution is 2.38. The van der Waals surface area contributed by atoms with Crippen molar-refractivity contribution >= 4 is 38.4 Å². The van der Waals surface area contributed by atoms with Crippen molar-refractivity contribution in [3.8, 4) is 0 Å². The summed E-state index contributed by atoms with van der Waals surface area (Å²) in [6.07, 6.45) is 4.41. The molecule has 0 N–H and O–H groups in total. The molecule has 4 heterocycles. The van der Waals surface area contributed by atoms with E-state index >= 15 is 0 Å². The number of carbonyl (C=O) groups is 1. The third kappa shape index (κ3) is 5.51. The van der Waals surface area contributed by atoms with Gasteiger partial charge in [-0.25, -0.2) is 4.68 Å². The van der Waals surface area contributed by atoms with Gasteiger partial charge in [-0.2, -0.15) is 0 Å². The standard InChI is InChI=1S/C33H37N5O2S/c1-5-22-14-23-8-7-12-34-29(23)20-38(18-22)19-26-16-25(15-24-11-13-41-33(24)26)28(17-31(39)40-6-2)27-9-10-30-32(21(27)3)35-36-37(30)4/h7-13,15-16,22,28H,5-6,14,17-20H2,1-4H3/t22-,28?/m1/s1. The van der Waals surface area contributed by atoms with Crippen molar-refractivity contribution in [2.45, 2.75) is 59.0 Å². The van der Waals surface area contributed by atoms with Gasteiger partial charge in [-0.15, -0.1) is 16.4 Å². The molecule has 6 rings (SSSR count). The van der Waals surface area contributed by atoms with Crippen LogP contribution in [0.2, 0.25) is 0 Å². The first kappa shape index (κ1) is 27.5. The first-order chi connectivity index (χ1) is 19.9. The Hall–Kier alpha value is -3.62. The van der Waals surface area contributed by atoms with Crippen molar-refractivity contribution in [1.29, 1.82) is 0 Å². The Morgan fingerprint density at radius 1 is 1.20 bits per heavy atom. The van der Waals surface area contributed by atoms with E-state index in [1.54, 1.807) is 16.0 Å². The lowest BCUT2D eigenvalue weighted by molar-refractivity contribution is -0.143. The molecule has 0 fully saturated rings. The van der Waals surface area contributed by atoms with Crippen LogP contribution < -0.4 is 0 Å². The molecule has 41 heavy (non-hydrogen) atoms. The fraction of sp³-hybridized carbons (Fsp3) is 0.394. The second kappa shape index (κ2) is 11.7. The minimum atomic E-state index is -0.191. The van der Waals surface area contributed by atoms with Gasteiger partial charge in [-0.3, -0.25) is 14.7 Å². The zero-order valence-electron chi connectivity index (χ0n) is 24.3. The van der Waals surface area contributed by atoms with Crippen LogP contribution in [0.1, 0.15) is 66.1 Å². The smallest absolute Gasteiger partial charge is 0.306 e. The number of nitrogens with zero attached hydrogens (tertiary/aromatic N) is 5. The lowest BCUT2D eigenvalue weighted by Gasteiger charge is -2.25. The summed E-state index contributed by atoms with van der Waals surface area (Å²) in [6, 6.07) is 15.3. The molecule has 5 aromatic rings. The Labute approximate surface area is 245 Å². The number of rotatable bonds is 8. The predicted octanol–water partition coefficient (Wildman–Crippen LogP) is 6.56. The lowest BCUT2D eigenvalue weighted by Crippen LogP contribution is -2.27. The average molecular weight is 568 g/mol. The quantitative estimate of drug-likeness (QED) is 0.198. The van der Waals surface area contributed by atoms with Crippen LogP contribution in [0.5, 0.6) is 0 Å². The molecule has 8 heteroatoms. The number of ether oxygens (including phenoxy) is 1. The van der Waals surface area contributed by atoms with Crippen molar-refractivity contribution in [2.24, 2.45) is 13.0 Å². The maximum absolute atomic E-state index is 13.0. The van der Waals surface area contributed by atoms with Gasteiger partial charge >= 0.3 is 5.97 Å². The van der Waals surface area contributed by atoms with Crippen LogP contribution in [-0.2, 0) is 36.1 Å². The number of thiophene rings is 1. The van der Waals surface area contributed by atoms with E-state index in [0.29, 0.717) is 12.5 Å². The summed E-state index contributed by atoms with van der Waals surface area (Å²) in [5, 5.41) is 12.1. The van der Waals surface area contributed by atoms with Crippen LogP contribution in [0, 0.1) is 12.8 Å². The molecule has 0 radical (unpaired) electrons. The van der Waals surface area contributed by atoms with Gasteiger partial charge in [-0.1, -0.05) is 36.8 Å². The highest BCUT2D eigenvalue weighted by molar-refractivity contribution is 7.17. The fourth-order valence-electron chi connectivity index (χ4n) is 6.37. The highest BCUT2D eigenvalue weighted by Gasteiger charge is 2.26. The molecule has 0 saturated heterocycles. The van der Waals surface area contributed by atoms with Gasteiger partial charge in [0.25, 0.3) is 0 Å². The molecule has 2 atom stereocenters. The van der Waals surface area contributed by atoms with E-state index in [-0.39, 0.29) is 18.3 Å². The highest BCUT2D eigenvalue weighted by atomic mass is 32.1. The van der Waals surface area contributed by atoms with E-state index in [4.69, 9.17) is 9.72 Å². The summed E-state index contributed by atoms with van der Waals surface area (Å²) in [6.45, 7) is 9.32. The summed E-state index contributed by atoms with van der Waals surface area (Å²) in [4.78, 5) is 20.3. The molecule has 0 spiro atoms. The van der Waals surface area contributed by atoms with Crippen LogP contribution in [0.25, 0.3) is 21.1 Å². The van der Waals surface area contributed by atoms with Crippen molar-refractivity contribution in [3.63, 3.8) is 0 Å². The molecule has 1 aliphatic rings. The second-order valence-corrected chi connectivity index (χ2v) is 12.1. The van der Waals surface area contributed by atoms with Crippen molar-refractivity contribution in [2.75, 3.05) is 13.2 Å². The van der Waals surface area contributed by atoms with E-state index in [1.165, 1.54) is 26.9 Å². The number of benzene rings is 2. The van der Waals surface area contributed by atoms with E-state index in [9.17, 15) is 4.79 Å². The Balaban J connectivity index is 1.42. The average Bonchev–Trinajstić information content (AvgIpc) is 3.55. The van der Waals surface area contributed by atoms with Gasteiger partial charge in [0.05, 0.1) is 24.2 Å². The number of hydrogen-bond acceptors (Lipinski definition) is 7. The van der Waals surface area contributed by atoms with E-state index in [0.717, 1.165) is 60.2 Å². The van der Waals surface area contributed by atoms with E-state index in [2.05, 4.69) is 76.9 Å². The van der Waals surface area contributed by atoms with Crippen LogP contribution >= 0.6 is 11.3 Å². The van der Waals surface area contributed by atoms with Crippen LogP contribution in [0.15, 0.2) is 54.0 Å². The molecule has 0 saturated carbocycles. The molecule has 1 unspecified atom stereocenters. The number of carbonyl (C=O) groups excluding carboxylic acids is 1. The van der Waals surface area contributed by atoms with Gasteiger partial charge < -0.3 is 4.74 Å². The molecule has 0 bridgehead atoms. The number of aromatic nitrogens is 4. The summed E-state index contributed by atoms with van der Waals surface area (Å²) in [5.41, 5.74) is 8.99. The zero-order chi connectivity index (χ0) is 28.5. The minimum Gasteiger partial charge on any atom is -0.466 e. The van der Waals surface area contributed by atoms with E-state index in [1.807, 2.05) is 20.2 Å². The number of pyridine rings is 1. The first-order valence-electron chi connectivity index (χ1n) is 14.5. The SMILES string of the molecule is CCOC(=O)CC(c1cc(CN2Cc3ncccc3C[C@@H](CC)C2)c2sccc2c1)c1ccc2c(nnn2C)c1C.